The number of aromatic hydroxyl groups is 2. The lowest BCUT2D eigenvalue weighted by atomic mass is 9.63. The van der Waals surface area contributed by atoms with E-state index in [-0.39, 0.29) is 36.2 Å². The standard InChI is InChI=1S/C20H26O8/c1-4-27-16-7-8-19(10-15(23)13-9-12(21)5-6-14(13)22)17(24)28-11-20(16,19)18(25-2)26-3/h5-6,9,16,18,21-22H,4,7-8,10-11H2,1-3H3. The van der Waals surface area contributed by atoms with Crippen LogP contribution in [0.5, 0.6) is 11.5 Å². The van der Waals surface area contributed by atoms with Gasteiger partial charge in [-0.05, 0) is 38.0 Å². The Kier molecular flexibility index (Phi) is 5.65. The number of ketones is 1. The Hall–Kier alpha value is -2.16. The van der Waals surface area contributed by atoms with Gasteiger partial charge in [0.25, 0.3) is 0 Å². The van der Waals surface area contributed by atoms with Crippen molar-refractivity contribution in [2.75, 3.05) is 27.4 Å². The van der Waals surface area contributed by atoms with E-state index in [4.69, 9.17) is 18.9 Å². The number of ether oxygens (including phenoxy) is 4. The van der Waals surface area contributed by atoms with Crippen molar-refractivity contribution in [3.8, 4) is 11.5 Å². The van der Waals surface area contributed by atoms with Gasteiger partial charge in [0, 0.05) is 27.2 Å². The first-order valence-electron chi connectivity index (χ1n) is 9.26. The summed E-state index contributed by atoms with van der Waals surface area (Å²) in [5, 5.41) is 19.8. The number of hydrogen-bond donors (Lipinski definition) is 2. The fourth-order valence-corrected chi connectivity index (χ4v) is 4.86. The predicted octanol–water partition coefficient (Wildman–Crippen LogP) is 2.02. The second-order valence-corrected chi connectivity index (χ2v) is 7.29. The number of phenolic OH excluding ortho intramolecular Hbond substituents is 2. The lowest BCUT2D eigenvalue weighted by Crippen LogP contribution is -2.55. The first-order chi connectivity index (χ1) is 13.4. The molecular formula is C20H26O8. The third-order valence-electron chi connectivity index (χ3n) is 6.09. The zero-order valence-corrected chi connectivity index (χ0v) is 16.3. The largest absolute Gasteiger partial charge is 0.508 e. The molecule has 0 spiro atoms. The summed E-state index contributed by atoms with van der Waals surface area (Å²) in [6.07, 6.45) is -0.505. The number of esters is 1. The van der Waals surface area contributed by atoms with Gasteiger partial charge in [0.15, 0.2) is 12.1 Å². The van der Waals surface area contributed by atoms with Crippen molar-refractivity contribution in [2.45, 2.75) is 38.6 Å². The number of rotatable bonds is 8. The summed E-state index contributed by atoms with van der Waals surface area (Å²) in [6.45, 7) is 2.30. The fourth-order valence-electron chi connectivity index (χ4n) is 4.86. The van der Waals surface area contributed by atoms with Crippen LogP contribution >= 0.6 is 0 Å². The quantitative estimate of drug-likeness (QED) is 0.298. The zero-order valence-electron chi connectivity index (χ0n) is 16.3. The van der Waals surface area contributed by atoms with Crippen molar-refractivity contribution in [3.63, 3.8) is 0 Å². The molecule has 8 heteroatoms. The molecule has 0 radical (unpaired) electrons. The molecule has 0 bridgehead atoms. The van der Waals surface area contributed by atoms with Crippen LogP contribution in [-0.4, -0.2) is 61.8 Å². The zero-order chi connectivity index (χ0) is 20.5. The summed E-state index contributed by atoms with van der Waals surface area (Å²) in [5.74, 6) is -1.38. The Morgan fingerprint density at radius 2 is 2.04 bits per heavy atom. The van der Waals surface area contributed by atoms with Gasteiger partial charge in [0.05, 0.1) is 22.5 Å². The minimum absolute atomic E-state index is 0.0160. The van der Waals surface area contributed by atoms with Gasteiger partial charge < -0.3 is 29.2 Å². The third-order valence-corrected chi connectivity index (χ3v) is 6.09. The van der Waals surface area contributed by atoms with Crippen molar-refractivity contribution in [1.29, 1.82) is 0 Å². The van der Waals surface area contributed by atoms with E-state index in [0.717, 1.165) is 0 Å². The van der Waals surface area contributed by atoms with Crippen molar-refractivity contribution in [2.24, 2.45) is 10.8 Å². The van der Waals surface area contributed by atoms with Crippen LogP contribution in [0, 0.1) is 10.8 Å². The summed E-state index contributed by atoms with van der Waals surface area (Å²) in [5.41, 5.74) is -2.25. The number of hydrogen-bond acceptors (Lipinski definition) is 8. The van der Waals surface area contributed by atoms with Crippen LogP contribution in [0.4, 0.5) is 0 Å². The summed E-state index contributed by atoms with van der Waals surface area (Å²) >= 11 is 0. The van der Waals surface area contributed by atoms with Crippen LogP contribution in [0.3, 0.4) is 0 Å². The van der Waals surface area contributed by atoms with Gasteiger partial charge in [-0.3, -0.25) is 9.59 Å². The van der Waals surface area contributed by atoms with Gasteiger partial charge in [0.1, 0.15) is 18.1 Å². The van der Waals surface area contributed by atoms with Crippen LogP contribution in [0.1, 0.15) is 36.5 Å². The average molecular weight is 394 g/mol. The maximum absolute atomic E-state index is 13.1. The molecule has 2 aliphatic rings. The van der Waals surface area contributed by atoms with E-state index in [9.17, 15) is 19.8 Å². The highest BCUT2D eigenvalue weighted by Gasteiger charge is 2.74. The number of carbonyl (C=O) groups excluding carboxylic acids is 2. The van der Waals surface area contributed by atoms with E-state index in [1.807, 2.05) is 6.92 Å². The summed E-state index contributed by atoms with van der Waals surface area (Å²) < 4.78 is 22.4. The van der Waals surface area contributed by atoms with Crippen LogP contribution in [0.2, 0.25) is 0 Å². The highest BCUT2D eigenvalue weighted by molar-refractivity contribution is 6.02. The molecule has 1 aliphatic heterocycles. The molecule has 1 aromatic carbocycles. The summed E-state index contributed by atoms with van der Waals surface area (Å²) in [6, 6.07) is 3.71. The number of Topliss-reactive ketones (excluding diaryl/α,β-unsaturated/α-hetero) is 1. The maximum Gasteiger partial charge on any atom is 0.313 e. The van der Waals surface area contributed by atoms with Crippen LogP contribution in [0.25, 0.3) is 0 Å². The molecule has 0 amide bonds. The van der Waals surface area contributed by atoms with Crippen LogP contribution < -0.4 is 0 Å². The Bertz CT molecular complexity index is 759. The van der Waals surface area contributed by atoms with E-state index >= 15 is 0 Å². The fraction of sp³-hybridized carbons (Fsp3) is 0.600. The van der Waals surface area contributed by atoms with Crippen LogP contribution in [0.15, 0.2) is 18.2 Å². The average Bonchev–Trinajstić information content (AvgIpc) is 3.12. The van der Waals surface area contributed by atoms with E-state index in [0.29, 0.717) is 19.4 Å². The molecule has 3 unspecified atom stereocenters. The van der Waals surface area contributed by atoms with Crippen molar-refractivity contribution < 1.29 is 38.7 Å². The molecule has 1 aromatic rings. The molecule has 1 saturated heterocycles. The Balaban J connectivity index is 2.05. The molecule has 154 valence electrons. The first kappa shape index (κ1) is 20.6. The lowest BCUT2D eigenvalue weighted by Gasteiger charge is -2.43. The Morgan fingerprint density at radius 1 is 1.32 bits per heavy atom. The van der Waals surface area contributed by atoms with Crippen molar-refractivity contribution in [1.82, 2.24) is 0 Å². The third kappa shape index (κ3) is 2.87. The normalized spacial score (nSPS) is 29.1. The van der Waals surface area contributed by atoms with Crippen molar-refractivity contribution >= 4 is 11.8 Å². The smallest absolute Gasteiger partial charge is 0.313 e. The minimum Gasteiger partial charge on any atom is -0.508 e. The van der Waals surface area contributed by atoms with Gasteiger partial charge in [-0.2, -0.15) is 0 Å². The molecular weight excluding hydrogens is 368 g/mol. The molecule has 2 fully saturated rings. The summed E-state index contributed by atoms with van der Waals surface area (Å²) in [7, 11) is 2.95. The van der Waals surface area contributed by atoms with E-state index in [1.165, 1.54) is 32.4 Å². The van der Waals surface area contributed by atoms with Gasteiger partial charge >= 0.3 is 5.97 Å². The number of methoxy groups -OCH3 is 2. The first-order valence-corrected chi connectivity index (χ1v) is 9.26. The van der Waals surface area contributed by atoms with Gasteiger partial charge in [-0.1, -0.05) is 0 Å². The second kappa shape index (κ2) is 7.69. The molecule has 1 heterocycles. The van der Waals surface area contributed by atoms with Gasteiger partial charge in [-0.15, -0.1) is 0 Å². The monoisotopic (exact) mass is 394 g/mol. The van der Waals surface area contributed by atoms with E-state index < -0.39 is 28.9 Å². The molecule has 3 rings (SSSR count). The number of phenols is 2. The van der Waals surface area contributed by atoms with Gasteiger partial charge in [-0.25, -0.2) is 0 Å². The van der Waals surface area contributed by atoms with Gasteiger partial charge in [0.2, 0.25) is 0 Å². The Labute approximate surface area is 163 Å². The molecule has 1 saturated carbocycles. The second-order valence-electron chi connectivity index (χ2n) is 7.29. The minimum atomic E-state index is -1.21. The van der Waals surface area contributed by atoms with E-state index in [2.05, 4.69) is 0 Å². The topological polar surface area (TPSA) is 112 Å². The molecule has 1 aliphatic carbocycles. The number of carbonyl (C=O) groups is 2. The predicted molar refractivity (Wildman–Crippen MR) is 97.0 cm³/mol. The van der Waals surface area contributed by atoms with Crippen LogP contribution in [-0.2, 0) is 23.7 Å². The number of cyclic esters (lactones) is 1. The molecule has 2 N–H and O–H groups in total. The maximum atomic E-state index is 13.1. The number of benzene rings is 1. The highest BCUT2D eigenvalue weighted by Crippen LogP contribution is 2.63. The van der Waals surface area contributed by atoms with Crippen molar-refractivity contribution in [3.05, 3.63) is 23.8 Å². The van der Waals surface area contributed by atoms with E-state index in [1.54, 1.807) is 0 Å². The molecule has 28 heavy (non-hydrogen) atoms. The SMILES string of the molecule is CCOC1CCC2(CC(=O)c3cc(O)ccc3O)C(=O)OCC12C(OC)OC. The highest BCUT2D eigenvalue weighted by atomic mass is 16.7. The lowest BCUT2D eigenvalue weighted by molar-refractivity contribution is -0.230. The summed E-state index contributed by atoms with van der Waals surface area (Å²) in [4.78, 5) is 26.0. The molecule has 0 aromatic heterocycles. The molecule has 8 nitrogen and oxygen atoms in total. The Morgan fingerprint density at radius 3 is 2.68 bits per heavy atom. The number of fused-ring (bicyclic) bond motifs is 1. The molecule has 3 atom stereocenters.